The SMILES string of the molecule is CCc1ccc(-c2noc(-c3ccc(N)cc3C)n2)cc1. The van der Waals surface area contributed by atoms with Gasteiger partial charge in [0.2, 0.25) is 5.82 Å². The molecule has 1 heterocycles. The van der Waals surface area contributed by atoms with Crippen LogP contribution in [0.25, 0.3) is 22.8 Å². The van der Waals surface area contributed by atoms with Crippen molar-refractivity contribution in [2.75, 3.05) is 5.73 Å². The predicted octanol–water partition coefficient (Wildman–Crippen LogP) is 3.86. The Morgan fingerprint density at radius 3 is 2.52 bits per heavy atom. The molecular weight excluding hydrogens is 262 g/mol. The van der Waals surface area contributed by atoms with Crippen LogP contribution < -0.4 is 5.73 Å². The van der Waals surface area contributed by atoms with Gasteiger partial charge in [0.05, 0.1) is 0 Å². The molecule has 0 saturated carbocycles. The maximum atomic E-state index is 5.76. The lowest BCUT2D eigenvalue weighted by Gasteiger charge is -2.01. The number of hydrogen-bond acceptors (Lipinski definition) is 4. The lowest BCUT2D eigenvalue weighted by molar-refractivity contribution is 0.432. The van der Waals surface area contributed by atoms with E-state index in [1.807, 2.05) is 37.3 Å². The summed E-state index contributed by atoms with van der Waals surface area (Å²) in [7, 11) is 0. The van der Waals surface area contributed by atoms with E-state index in [0.29, 0.717) is 11.7 Å². The molecule has 4 nitrogen and oxygen atoms in total. The summed E-state index contributed by atoms with van der Waals surface area (Å²) >= 11 is 0. The Hall–Kier alpha value is -2.62. The molecule has 0 aliphatic rings. The largest absolute Gasteiger partial charge is 0.399 e. The first-order valence-electron chi connectivity index (χ1n) is 6.97. The highest BCUT2D eigenvalue weighted by atomic mass is 16.5. The Bertz CT molecular complexity index is 760. The molecule has 0 atom stereocenters. The molecule has 106 valence electrons. The van der Waals surface area contributed by atoms with Crippen molar-refractivity contribution in [1.82, 2.24) is 10.1 Å². The second-order valence-corrected chi connectivity index (χ2v) is 5.05. The monoisotopic (exact) mass is 279 g/mol. The highest BCUT2D eigenvalue weighted by Gasteiger charge is 2.12. The molecule has 0 spiro atoms. The van der Waals surface area contributed by atoms with Crippen molar-refractivity contribution in [2.24, 2.45) is 0 Å². The number of nitrogens with zero attached hydrogens (tertiary/aromatic N) is 2. The normalized spacial score (nSPS) is 10.8. The number of rotatable bonds is 3. The van der Waals surface area contributed by atoms with Gasteiger partial charge in [0, 0.05) is 16.8 Å². The minimum Gasteiger partial charge on any atom is -0.399 e. The zero-order valence-corrected chi connectivity index (χ0v) is 12.1. The third-order valence-corrected chi connectivity index (χ3v) is 3.53. The molecule has 3 rings (SSSR count). The van der Waals surface area contributed by atoms with Crippen molar-refractivity contribution in [3.05, 3.63) is 53.6 Å². The van der Waals surface area contributed by atoms with Crippen LogP contribution in [-0.4, -0.2) is 10.1 Å². The Balaban J connectivity index is 1.95. The Morgan fingerprint density at radius 1 is 1.10 bits per heavy atom. The van der Waals surface area contributed by atoms with Gasteiger partial charge in [-0.1, -0.05) is 36.3 Å². The van der Waals surface area contributed by atoms with Gasteiger partial charge in [-0.25, -0.2) is 0 Å². The van der Waals surface area contributed by atoms with Crippen LogP contribution in [0.5, 0.6) is 0 Å². The molecule has 2 aromatic carbocycles. The maximum Gasteiger partial charge on any atom is 0.258 e. The number of aryl methyl sites for hydroxylation is 2. The molecule has 21 heavy (non-hydrogen) atoms. The van der Waals surface area contributed by atoms with Crippen molar-refractivity contribution >= 4 is 5.69 Å². The van der Waals surface area contributed by atoms with Crippen LogP contribution in [-0.2, 0) is 6.42 Å². The summed E-state index contributed by atoms with van der Waals surface area (Å²) in [6.07, 6.45) is 1.02. The summed E-state index contributed by atoms with van der Waals surface area (Å²) in [5.74, 6) is 1.12. The molecule has 1 aromatic heterocycles. The summed E-state index contributed by atoms with van der Waals surface area (Å²) in [6, 6.07) is 13.8. The molecule has 0 aliphatic carbocycles. The standard InChI is InChI=1S/C17H17N3O/c1-3-12-4-6-13(7-5-12)16-19-17(21-20-16)15-9-8-14(18)10-11(15)2/h4-10H,3,18H2,1-2H3. The van der Waals surface area contributed by atoms with Gasteiger partial charge in [0.1, 0.15) is 0 Å². The Labute approximate surface area is 123 Å². The van der Waals surface area contributed by atoms with E-state index >= 15 is 0 Å². The predicted molar refractivity (Wildman–Crippen MR) is 83.7 cm³/mol. The highest BCUT2D eigenvalue weighted by Crippen LogP contribution is 2.26. The summed E-state index contributed by atoms with van der Waals surface area (Å²) in [5.41, 5.74) is 10.7. The second kappa shape index (κ2) is 5.40. The molecule has 0 radical (unpaired) electrons. The van der Waals surface area contributed by atoms with E-state index < -0.39 is 0 Å². The Morgan fingerprint density at radius 2 is 1.86 bits per heavy atom. The van der Waals surface area contributed by atoms with Crippen LogP contribution >= 0.6 is 0 Å². The smallest absolute Gasteiger partial charge is 0.258 e. The number of nitrogen functional groups attached to an aromatic ring is 1. The fraction of sp³-hybridized carbons (Fsp3) is 0.176. The van der Waals surface area contributed by atoms with Gasteiger partial charge in [-0.05, 0) is 42.7 Å². The lowest BCUT2D eigenvalue weighted by Crippen LogP contribution is -1.89. The molecule has 0 unspecified atom stereocenters. The van der Waals surface area contributed by atoms with Gasteiger partial charge in [0.25, 0.3) is 5.89 Å². The lowest BCUT2D eigenvalue weighted by atomic mass is 10.1. The van der Waals surface area contributed by atoms with E-state index in [0.717, 1.165) is 28.8 Å². The number of anilines is 1. The molecule has 0 bridgehead atoms. The highest BCUT2D eigenvalue weighted by molar-refractivity contribution is 5.65. The van der Waals surface area contributed by atoms with E-state index in [9.17, 15) is 0 Å². The molecule has 0 fully saturated rings. The van der Waals surface area contributed by atoms with Crippen LogP contribution in [0, 0.1) is 6.92 Å². The maximum absolute atomic E-state index is 5.76. The van der Waals surface area contributed by atoms with Gasteiger partial charge in [-0.2, -0.15) is 4.98 Å². The Kier molecular flexibility index (Phi) is 3.44. The first kappa shape index (κ1) is 13.4. The molecule has 0 aliphatic heterocycles. The molecule has 4 heteroatoms. The van der Waals surface area contributed by atoms with Gasteiger partial charge in [-0.15, -0.1) is 0 Å². The minimum absolute atomic E-state index is 0.516. The van der Waals surface area contributed by atoms with E-state index in [1.54, 1.807) is 0 Å². The van der Waals surface area contributed by atoms with Crippen molar-refractivity contribution in [2.45, 2.75) is 20.3 Å². The molecule has 0 amide bonds. The number of aromatic nitrogens is 2. The zero-order chi connectivity index (χ0) is 14.8. The van der Waals surface area contributed by atoms with Gasteiger partial charge in [0.15, 0.2) is 0 Å². The van der Waals surface area contributed by atoms with Crippen molar-refractivity contribution in [1.29, 1.82) is 0 Å². The third kappa shape index (κ3) is 2.65. The zero-order valence-electron chi connectivity index (χ0n) is 12.1. The summed E-state index contributed by atoms with van der Waals surface area (Å²) in [6.45, 7) is 4.11. The molecule has 3 aromatic rings. The molecule has 0 saturated heterocycles. The van der Waals surface area contributed by atoms with E-state index in [-0.39, 0.29) is 0 Å². The van der Waals surface area contributed by atoms with E-state index in [1.165, 1.54) is 5.56 Å². The molecule has 2 N–H and O–H groups in total. The van der Waals surface area contributed by atoms with Crippen LogP contribution in [0.15, 0.2) is 47.0 Å². The van der Waals surface area contributed by atoms with Gasteiger partial charge in [-0.3, -0.25) is 0 Å². The third-order valence-electron chi connectivity index (χ3n) is 3.53. The van der Waals surface area contributed by atoms with Gasteiger partial charge >= 0.3 is 0 Å². The van der Waals surface area contributed by atoms with Crippen LogP contribution in [0.4, 0.5) is 5.69 Å². The summed E-state index contributed by atoms with van der Waals surface area (Å²) < 4.78 is 5.38. The number of benzene rings is 2. The average Bonchev–Trinajstić information content (AvgIpc) is 2.97. The number of hydrogen-bond donors (Lipinski definition) is 1. The minimum atomic E-state index is 0.516. The number of nitrogens with two attached hydrogens (primary N) is 1. The van der Waals surface area contributed by atoms with Crippen molar-refractivity contribution in [3.63, 3.8) is 0 Å². The fourth-order valence-corrected chi connectivity index (χ4v) is 2.27. The van der Waals surface area contributed by atoms with Crippen LogP contribution in [0.3, 0.4) is 0 Å². The first-order valence-corrected chi connectivity index (χ1v) is 6.97. The molecular formula is C17H17N3O. The van der Waals surface area contributed by atoms with E-state index in [2.05, 4.69) is 29.2 Å². The second-order valence-electron chi connectivity index (χ2n) is 5.05. The first-order chi connectivity index (χ1) is 10.2. The average molecular weight is 279 g/mol. The fourth-order valence-electron chi connectivity index (χ4n) is 2.27. The van der Waals surface area contributed by atoms with Gasteiger partial charge < -0.3 is 10.3 Å². The summed E-state index contributed by atoms with van der Waals surface area (Å²) in [4.78, 5) is 4.48. The van der Waals surface area contributed by atoms with Crippen LogP contribution in [0.2, 0.25) is 0 Å². The van der Waals surface area contributed by atoms with Crippen molar-refractivity contribution in [3.8, 4) is 22.8 Å². The van der Waals surface area contributed by atoms with E-state index in [4.69, 9.17) is 10.3 Å². The summed E-state index contributed by atoms with van der Waals surface area (Å²) in [5, 5.41) is 4.06. The quantitative estimate of drug-likeness (QED) is 0.739. The van der Waals surface area contributed by atoms with Crippen molar-refractivity contribution < 1.29 is 4.52 Å². The topological polar surface area (TPSA) is 64.9 Å². The van der Waals surface area contributed by atoms with Crippen LogP contribution in [0.1, 0.15) is 18.1 Å².